The third-order valence-electron chi connectivity index (χ3n) is 2.16. The Hall–Kier alpha value is -0.890. The van der Waals surface area contributed by atoms with Gasteiger partial charge in [0, 0.05) is 18.0 Å². The number of aliphatic hydroxyl groups is 1. The number of nitrogens with zero attached hydrogens (tertiary/aromatic N) is 1. The van der Waals surface area contributed by atoms with E-state index in [-0.39, 0.29) is 5.41 Å². The summed E-state index contributed by atoms with van der Waals surface area (Å²) in [7, 11) is 0. The van der Waals surface area contributed by atoms with Gasteiger partial charge in [0.25, 0.3) is 0 Å². The summed E-state index contributed by atoms with van der Waals surface area (Å²) in [4.78, 5) is 4.02. The molecule has 0 aliphatic heterocycles. The van der Waals surface area contributed by atoms with Crippen molar-refractivity contribution in [1.29, 1.82) is 0 Å². The molecular formula is C12H19NO. The second-order valence-corrected chi connectivity index (χ2v) is 5.25. The molecule has 1 aromatic heterocycles. The Morgan fingerprint density at radius 2 is 1.93 bits per heavy atom. The van der Waals surface area contributed by atoms with E-state index in [2.05, 4.69) is 25.8 Å². The highest BCUT2D eigenvalue weighted by Gasteiger charge is 2.29. The molecule has 1 N–H and O–H groups in total. The standard InChI is InChI=1S/C12H19NO/c1-11(2,3)9-12(4,14)10-6-5-7-13-8-10/h5-8,14H,9H2,1-4H3. The first-order valence-corrected chi connectivity index (χ1v) is 4.94. The third-order valence-corrected chi connectivity index (χ3v) is 2.16. The lowest BCUT2D eigenvalue weighted by Gasteiger charge is -2.31. The van der Waals surface area contributed by atoms with Crippen LogP contribution in [0.3, 0.4) is 0 Å². The lowest BCUT2D eigenvalue weighted by Crippen LogP contribution is -2.27. The summed E-state index contributed by atoms with van der Waals surface area (Å²) < 4.78 is 0. The van der Waals surface area contributed by atoms with Crippen LogP contribution in [-0.4, -0.2) is 10.1 Å². The molecule has 2 heteroatoms. The predicted octanol–water partition coefficient (Wildman–Crippen LogP) is 2.73. The number of hydrogen-bond donors (Lipinski definition) is 1. The first kappa shape index (κ1) is 11.2. The minimum absolute atomic E-state index is 0.110. The summed E-state index contributed by atoms with van der Waals surface area (Å²) in [5, 5.41) is 10.3. The average Bonchev–Trinajstić information content (AvgIpc) is 2.01. The zero-order valence-electron chi connectivity index (χ0n) is 9.41. The van der Waals surface area contributed by atoms with Crippen LogP contribution in [-0.2, 0) is 5.60 Å². The highest BCUT2D eigenvalue weighted by molar-refractivity contribution is 5.17. The van der Waals surface area contributed by atoms with Gasteiger partial charge in [-0.15, -0.1) is 0 Å². The quantitative estimate of drug-likeness (QED) is 0.783. The van der Waals surface area contributed by atoms with Gasteiger partial charge >= 0.3 is 0 Å². The Bertz CT molecular complexity index is 285. The molecule has 1 heterocycles. The van der Waals surface area contributed by atoms with Crippen molar-refractivity contribution in [2.75, 3.05) is 0 Å². The molecule has 1 rings (SSSR count). The van der Waals surface area contributed by atoms with Crippen LogP contribution in [0.5, 0.6) is 0 Å². The van der Waals surface area contributed by atoms with Gasteiger partial charge in [0.2, 0.25) is 0 Å². The summed E-state index contributed by atoms with van der Waals surface area (Å²) in [6, 6.07) is 3.77. The van der Waals surface area contributed by atoms with Gasteiger partial charge in [0.1, 0.15) is 0 Å². The lowest BCUT2D eigenvalue weighted by atomic mass is 9.80. The first-order chi connectivity index (χ1) is 6.31. The topological polar surface area (TPSA) is 33.1 Å². The molecule has 0 saturated heterocycles. The second kappa shape index (κ2) is 3.70. The van der Waals surface area contributed by atoms with E-state index in [4.69, 9.17) is 0 Å². The molecule has 0 bridgehead atoms. The molecule has 2 nitrogen and oxygen atoms in total. The van der Waals surface area contributed by atoms with Crippen LogP contribution >= 0.6 is 0 Å². The predicted molar refractivity (Wildman–Crippen MR) is 57.9 cm³/mol. The fraction of sp³-hybridized carbons (Fsp3) is 0.583. The second-order valence-electron chi connectivity index (χ2n) is 5.25. The highest BCUT2D eigenvalue weighted by Crippen LogP contribution is 2.33. The lowest BCUT2D eigenvalue weighted by molar-refractivity contribution is 0.0148. The van der Waals surface area contributed by atoms with Gasteiger partial charge in [0.15, 0.2) is 0 Å². The van der Waals surface area contributed by atoms with Crippen molar-refractivity contribution < 1.29 is 5.11 Å². The number of aromatic nitrogens is 1. The SMILES string of the molecule is CC(C)(C)CC(C)(O)c1cccnc1. The summed E-state index contributed by atoms with van der Waals surface area (Å²) in [5.41, 5.74) is 0.209. The normalized spacial score (nSPS) is 16.4. The summed E-state index contributed by atoms with van der Waals surface area (Å²) >= 11 is 0. The maximum absolute atomic E-state index is 10.3. The largest absolute Gasteiger partial charge is 0.385 e. The van der Waals surface area contributed by atoms with Crippen molar-refractivity contribution in [2.24, 2.45) is 5.41 Å². The minimum Gasteiger partial charge on any atom is -0.385 e. The van der Waals surface area contributed by atoms with Gasteiger partial charge in [-0.2, -0.15) is 0 Å². The van der Waals surface area contributed by atoms with E-state index in [0.717, 1.165) is 12.0 Å². The Balaban J connectivity index is 2.86. The van der Waals surface area contributed by atoms with Crippen LogP contribution in [0.1, 0.15) is 39.7 Å². The summed E-state index contributed by atoms with van der Waals surface area (Å²) in [6.45, 7) is 8.21. The van der Waals surface area contributed by atoms with Gasteiger partial charge < -0.3 is 5.11 Å². The zero-order valence-corrected chi connectivity index (χ0v) is 9.41. The Morgan fingerprint density at radius 1 is 1.29 bits per heavy atom. The van der Waals surface area contributed by atoms with Gasteiger partial charge in [0.05, 0.1) is 5.60 Å². The molecule has 1 aromatic rings. The molecule has 14 heavy (non-hydrogen) atoms. The van der Waals surface area contributed by atoms with Crippen molar-refractivity contribution in [3.05, 3.63) is 30.1 Å². The van der Waals surface area contributed by atoms with Crippen molar-refractivity contribution in [2.45, 2.75) is 39.7 Å². The average molecular weight is 193 g/mol. The van der Waals surface area contributed by atoms with Crippen LogP contribution in [0.4, 0.5) is 0 Å². The fourth-order valence-electron chi connectivity index (χ4n) is 1.82. The number of pyridine rings is 1. The molecule has 0 aromatic carbocycles. The van der Waals surface area contributed by atoms with Crippen molar-refractivity contribution >= 4 is 0 Å². The monoisotopic (exact) mass is 193 g/mol. The third kappa shape index (κ3) is 3.11. The molecule has 1 atom stereocenters. The van der Waals surface area contributed by atoms with E-state index in [9.17, 15) is 5.11 Å². The molecule has 0 aliphatic carbocycles. The van der Waals surface area contributed by atoms with Crippen LogP contribution in [0.2, 0.25) is 0 Å². The van der Waals surface area contributed by atoms with Crippen LogP contribution in [0.25, 0.3) is 0 Å². The van der Waals surface area contributed by atoms with Crippen molar-refractivity contribution in [1.82, 2.24) is 4.98 Å². The number of hydrogen-bond acceptors (Lipinski definition) is 2. The Kier molecular flexibility index (Phi) is 2.95. The Labute approximate surface area is 86.0 Å². The maximum atomic E-state index is 10.3. The minimum atomic E-state index is -0.785. The van der Waals surface area contributed by atoms with Crippen LogP contribution in [0.15, 0.2) is 24.5 Å². The highest BCUT2D eigenvalue weighted by atomic mass is 16.3. The Morgan fingerprint density at radius 3 is 2.36 bits per heavy atom. The van der Waals surface area contributed by atoms with Gasteiger partial charge in [-0.05, 0) is 24.8 Å². The van der Waals surface area contributed by atoms with Gasteiger partial charge in [-0.3, -0.25) is 4.98 Å². The smallest absolute Gasteiger partial charge is 0.0888 e. The van der Waals surface area contributed by atoms with Crippen molar-refractivity contribution in [3.63, 3.8) is 0 Å². The summed E-state index contributed by atoms with van der Waals surface area (Å²) in [5.74, 6) is 0. The van der Waals surface area contributed by atoms with Crippen molar-refractivity contribution in [3.8, 4) is 0 Å². The maximum Gasteiger partial charge on any atom is 0.0888 e. The van der Waals surface area contributed by atoms with E-state index < -0.39 is 5.60 Å². The van der Waals surface area contributed by atoms with E-state index in [1.165, 1.54) is 0 Å². The molecule has 1 unspecified atom stereocenters. The van der Waals surface area contributed by atoms with Gasteiger partial charge in [-0.1, -0.05) is 26.8 Å². The van der Waals surface area contributed by atoms with E-state index in [0.29, 0.717) is 0 Å². The molecule has 0 saturated carbocycles. The number of rotatable bonds is 2. The van der Waals surface area contributed by atoms with Crippen LogP contribution in [0, 0.1) is 5.41 Å². The first-order valence-electron chi connectivity index (χ1n) is 4.94. The molecule has 0 radical (unpaired) electrons. The molecule has 78 valence electrons. The molecule has 0 amide bonds. The molecule has 0 spiro atoms. The fourth-order valence-corrected chi connectivity index (χ4v) is 1.82. The van der Waals surface area contributed by atoms with Gasteiger partial charge in [-0.25, -0.2) is 0 Å². The molecule has 0 fully saturated rings. The summed E-state index contributed by atoms with van der Waals surface area (Å²) in [6.07, 6.45) is 4.17. The molecule has 0 aliphatic rings. The van der Waals surface area contributed by atoms with E-state index in [1.54, 1.807) is 12.4 Å². The van der Waals surface area contributed by atoms with E-state index in [1.807, 2.05) is 19.1 Å². The zero-order chi connectivity index (χ0) is 10.8. The molecular weight excluding hydrogens is 174 g/mol. The van der Waals surface area contributed by atoms with E-state index >= 15 is 0 Å². The van der Waals surface area contributed by atoms with Crippen LogP contribution < -0.4 is 0 Å².